The molecule has 4 rings (SSSR count). The SMILES string of the molecule is [Br-].[Br-].c1ccc(C[n+]2ccc(N=Nc3cc[n+](Cc4ccccc4)cc3)cc2)cc1. The Morgan fingerprint density at radius 2 is 0.800 bits per heavy atom. The minimum Gasteiger partial charge on any atom is -1.00 e. The number of aromatic nitrogens is 2. The van der Waals surface area contributed by atoms with Gasteiger partial charge >= 0.3 is 0 Å². The van der Waals surface area contributed by atoms with Crippen LogP contribution in [0.4, 0.5) is 11.4 Å². The molecule has 0 atom stereocenters. The molecule has 0 aliphatic rings. The Bertz CT molecular complexity index is 949. The number of azo groups is 1. The third kappa shape index (κ3) is 6.97. The van der Waals surface area contributed by atoms with E-state index in [1.165, 1.54) is 11.1 Å². The number of pyridine rings is 2. The van der Waals surface area contributed by atoms with Crippen molar-refractivity contribution in [3.05, 3.63) is 121 Å². The van der Waals surface area contributed by atoms with E-state index in [0.29, 0.717) is 0 Å². The lowest BCUT2D eigenvalue weighted by Gasteiger charge is -1.98. The van der Waals surface area contributed by atoms with Crippen molar-refractivity contribution in [1.82, 2.24) is 0 Å². The Morgan fingerprint density at radius 3 is 1.13 bits per heavy atom. The standard InChI is InChI=1S/C24H22N4.2BrH/c1-3-7-21(8-4-1)19-27-15-11-23(12-16-27)25-26-24-13-17-28(18-14-24)20-22-9-5-2-6-10-22;;/h1-18H,19-20H2;2*1H/q+2;;/p-2. The summed E-state index contributed by atoms with van der Waals surface area (Å²) in [6, 6.07) is 28.7. The summed E-state index contributed by atoms with van der Waals surface area (Å²) in [7, 11) is 0. The Kier molecular flexibility index (Phi) is 9.51. The molecule has 0 saturated carbocycles. The molecule has 0 radical (unpaired) electrons. The van der Waals surface area contributed by atoms with Crippen molar-refractivity contribution in [2.75, 3.05) is 0 Å². The van der Waals surface area contributed by atoms with Crippen LogP contribution >= 0.6 is 0 Å². The van der Waals surface area contributed by atoms with Gasteiger partial charge in [-0.15, -0.1) is 0 Å². The highest BCUT2D eigenvalue weighted by atomic mass is 79.9. The molecule has 152 valence electrons. The van der Waals surface area contributed by atoms with Crippen molar-refractivity contribution in [2.45, 2.75) is 13.1 Å². The average molecular weight is 526 g/mol. The van der Waals surface area contributed by atoms with Crippen LogP contribution in [0.5, 0.6) is 0 Å². The van der Waals surface area contributed by atoms with Crippen LogP contribution in [0, 0.1) is 0 Å². The van der Waals surface area contributed by atoms with E-state index in [-0.39, 0.29) is 34.0 Å². The van der Waals surface area contributed by atoms with Crippen LogP contribution in [0.3, 0.4) is 0 Å². The highest BCUT2D eigenvalue weighted by Gasteiger charge is 2.04. The van der Waals surface area contributed by atoms with Crippen molar-refractivity contribution in [2.24, 2.45) is 10.2 Å². The van der Waals surface area contributed by atoms with Gasteiger partial charge in [0.05, 0.1) is 11.4 Å². The topological polar surface area (TPSA) is 32.5 Å². The molecular formula is C24H22Br2N4. The number of halogens is 2. The van der Waals surface area contributed by atoms with E-state index < -0.39 is 0 Å². The number of hydrogen-bond acceptors (Lipinski definition) is 2. The van der Waals surface area contributed by atoms with Gasteiger partial charge in [0.1, 0.15) is 0 Å². The summed E-state index contributed by atoms with van der Waals surface area (Å²) in [4.78, 5) is 0. The van der Waals surface area contributed by atoms with Crippen LogP contribution < -0.4 is 43.1 Å². The van der Waals surface area contributed by atoms with Gasteiger partial charge in [0.15, 0.2) is 37.9 Å². The van der Waals surface area contributed by atoms with Gasteiger partial charge in [-0.3, -0.25) is 0 Å². The molecule has 2 aromatic heterocycles. The molecule has 0 saturated heterocycles. The predicted octanol–water partition coefficient (Wildman–Crippen LogP) is -1.22. The molecule has 0 spiro atoms. The maximum absolute atomic E-state index is 4.34. The fourth-order valence-electron chi connectivity index (χ4n) is 2.95. The van der Waals surface area contributed by atoms with E-state index in [2.05, 4.69) is 67.9 Å². The van der Waals surface area contributed by atoms with E-state index in [1.807, 2.05) is 61.2 Å². The van der Waals surface area contributed by atoms with E-state index in [1.54, 1.807) is 0 Å². The molecule has 4 aromatic rings. The smallest absolute Gasteiger partial charge is 0.173 e. The lowest BCUT2D eigenvalue weighted by molar-refractivity contribution is -0.688. The third-order valence-corrected chi connectivity index (χ3v) is 4.44. The molecular weight excluding hydrogens is 504 g/mol. The van der Waals surface area contributed by atoms with Crippen LogP contribution in [-0.2, 0) is 13.1 Å². The van der Waals surface area contributed by atoms with E-state index in [0.717, 1.165) is 24.5 Å². The van der Waals surface area contributed by atoms with Crippen LogP contribution in [-0.4, -0.2) is 0 Å². The van der Waals surface area contributed by atoms with Crippen LogP contribution in [0.2, 0.25) is 0 Å². The summed E-state index contributed by atoms with van der Waals surface area (Å²) >= 11 is 0. The zero-order chi connectivity index (χ0) is 19.0. The van der Waals surface area contributed by atoms with Gasteiger partial charge in [0.25, 0.3) is 0 Å². The minimum absolute atomic E-state index is 0. The first-order valence-electron chi connectivity index (χ1n) is 9.33. The molecule has 0 N–H and O–H groups in total. The normalized spacial score (nSPS) is 10.3. The van der Waals surface area contributed by atoms with E-state index in [9.17, 15) is 0 Å². The molecule has 2 heterocycles. The van der Waals surface area contributed by atoms with Gasteiger partial charge in [-0.25, -0.2) is 9.13 Å². The van der Waals surface area contributed by atoms with Crippen molar-refractivity contribution in [1.29, 1.82) is 0 Å². The molecule has 0 aliphatic carbocycles. The summed E-state index contributed by atoms with van der Waals surface area (Å²) in [5.41, 5.74) is 4.22. The summed E-state index contributed by atoms with van der Waals surface area (Å²) < 4.78 is 4.26. The first-order valence-corrected chi connectivity index (χ1v) is 9.33. The van der Waals surface area contributed by atoms with Crippen molar-refractivity contribution >= 4 is 11.4 Å². The molecule has 0 bridgehead atoms. The summed E-state index contributed by atoms with van der Waals surface area (Å²) in [5, 5.41) is 8.68. The Hall–Kier alpha value is -2.70. The molecule has 0 fully saturated rings. The molecule has 30 heavy (non-hydrogen) atoms. The predicted molar refractivity (Wildman–Crippen MR) is 109 cm³/mol. The maximum atomic E-state index is 4.34. The monoisotopic (exact) mass is 524 g/mol. The number of benzene rings is 2. The molecule has 4 nitrogen and oxygen atoms in total. The number of nitrogens with zero attached hydrogens (tertiary/aromatic N) is 4. The Morgan fingerprint density at radius 1 is 0.467 bits per heavy atom. The zero-order valence-corrected chi connectivity index (χ0v) is 19.5. The average Bonchev–Trinajstić information content (AvgIpc) is 2.76. The lowest BCUT2D eigenvalue weighted by atomic mass is 10.2. The largest absolute Gasteiger partial charge is 1.00 e. The highest BCUT2D eigenvalue weighted by molar-refractivity contribution is 5.36. The first-order chi connectivity index (χ1) is 13.8. The van der Waals surface area contributed by atoms with Crippen molar-refractivity contribution in [3.63, 3.8) is 0 Å². The van der Waals surface area contributed by atoms with Crippen molar-refractivity contribution < 1.29 is 43.1 Å². The molecule has 2 aromatic carbocycles. The highest BCUT2D eigenvalue weighted by Crippen LogP contribution is 2.15. The third-order valence-electron chi connectivity index (χ3n) is 4.44. The van der Waals surface area contributed by atoms with Gasteiger partial charge in [-0.2, -0.15) is 10.2 Å². The van der Waals surface area contributed by atoms with Gasteiger partial charge in [0, 0.05) is 35.4 Å². The van der Waals surface area contributed by atoms with E-state index in [4.69, 9.17) is 0 Å². The van der Waals surface area contributed by atoms with Gasteiger partial charge < -0.3 is 34.0 Å². The van der Waals surface area contributed by atoms with E-state index >= 15 is 0 Å². The fraction of sp³-hybridized carbons (Fsp3) is 0.0833. The Balaban J connectivity index is 0.00000160. The van der Waals surface area contributed by atoms with Crippen molar-refractivity contribution in [3.8, 4) is 0 Å². The summed E-state index contributed by atoms with van der Waals surface area (Å²) in [6.07, 6.45) is 8.11. The second-order valence-electron chi connectivity index (χ2n) is 6.63. The Labute approximate surface area is 198 Å². The number of hydrogen-bond donors (Lipinski definition) is 0. The molecule has 0 aliphatic heterocycles. The fourth-order valence-corrected chi connectivity index (χ4v) is 2.95. The molecule has 6 heteroatoms. The number of rotatable bonds is 6. The first kappa shape index (κ1) is 23.6. The second-order valence-corrected chi connectivity index (χ2v) is 6.63. The zero-order valence-electron chi connectivity index (χ0n) is 16.4. The lowest BCUT2D eigenvalue weighted by Crippen LogP contribution is -3.00. The second kappa shape index (κ2) is 12.1. The van der Waals surface area contributed by atoms with Crippen LogP contribution in [0.15, 0.2) is 120 Å². The van der Waals surface area contributed by atoms with Gasteiger partial charge in [-0.05, 0) is 0 Å². The van der Waals surface area contributed by atoms with Gasteiger partial charge in [-0.1, -0.05) is 60.7 Å². The summed E-state index contributed by atoms with van der Waals surface area (Å²) in [5.74, 6) is 0. The minimum atomic E-state index is 0. The van der Waals surface area contributed by atoms with Crippen LogP contribution in [0.25, 0.3) is 0 Å². The molecule has 0 unspecified atom stereocenters. The maximum Gasteiger partial charge on any atom is 0.173 e. The quantitative estimate of drug-likeness (QED) is 0.223. The summed E-state index contributed by atoms with van der Waals surface area (Å²) in [6.45, 7) is 1.69. The van der Waals surface area contributed by atoms with Gasteiger partial charge in [0.2, 0.25) is 0 Å². The molecule has 0 amide bonds. The van der Waals surface area contributed by atoms with Crippen LogP contribution in [0.1, 0.15) is 11.1 Å².